The number of ether oxygens (including phenoxy) is 1. The molecule has 30 heavy (non-hydrogen) atoms. The van der Waals surface area contributed by atoms with Gasteiger partial charge in [-0.2, -0.15) is 0 Å². The number of halogens is 2. The van der Waals surface area contributed by atoms with Gasteiger partial charge in [-0.25, -0.2) is 8.78 Å². The van der Waals surface area contributed by atoms with Crippen molar-refractivity contribution in [2.75, 3.05) is 13.1 Å². The van der Waals surface area contributed by atoms with Gasteiger partial charge in [0.25, 0.3) is 11.8 Å². The van der Waals surface area contributed by atoms with E-state index >= 15 is 0 Å². The van der Waals surface area contributed by atoms with Gasteiger partial charge in [-0.1, -0.05) is 18.2 Å². The van der Waals surface area contributed by atoms with Crippen molar-refractivity contribution in [3.8, 4) is 0 Å². The third-order valence-corrected chi connectivity index (χ3v) is 6.50. The predicted octanol–water partition coefficient (Wildman–Crippen LogP) is 3.66. The van der Waals surface area contributed by atoms with Crippen LogP contribution in [0.3, 0.4) is 0 Å². The molecule has 0 bridgehead atoms. The molecule has 2 aromatic rings. The number of benzene rings is 2. The van der Waals surface area contributed by atoms with Crippen LogP contribution in [-0.4, -0.2) is 46.5 Å². The summed E-state index contributed by atoms with van der Waals surface area (Å²) < 4.78 is 33.0. The number of hydrogen-bond donors (Lipinski definition) is 0. The van der Waals surface area contributed by atoms with E-state index in [0.717, 1.165) is 18.4 Å². The van der Waals surface area contributed by atoms with Crippen LogP contribution >= 0.6 is 0 Å². The Morgan fingerprint density at radius 1 is 1.00 bits per heavy atom. The summed E-state index contributed by atoms with van der Waals surface area (Å²) in [5, 5.41) is 0. The molecule has 0 N–H and O–H groups in total. The molecule has 0 saturated carbocycles. The van der Waals surface area contributed by atoms with Crippen molar-refractivity contribution in [2.24, 2.45) is 0 Å². The topological polar surface area (TPSA) is 49.9 Å². The van der Waals surface area contributed by atoms with Crippen molar-refractivity contribution in [3.63, 3.8) is 0 Å². The van der Waals surface area contributed by atoms with Gasteiger partial charge in [0.1, 0.15) is 17.9 Å². The second-order valence-electron chi connectivity index (χ2n) is 8.23. The summed E-state index contributed by atoms with van der Waals surface area (Å²) in [5.41, 5.74) is 0.301. The molecule has 2 amide bonds. The van der Waals surface area contributed by atoms with E-state index in [-0.39, 0.29) is 29.9 Å². The third kappa shape index (κ3) is 3.08. The Balaban J connectivity index is 1.30. The summed E-state index contributed by atoms with van der Waals surface area (Å²) in [6.45, 7) is 0.756. The van der Waals surface area contributed by atoms with E-state index in [0.29, 0.717) is 31.5 Å². The van der Waals surface area contributed by atoms with Gasteiger partial charge < -0.3 is 14.5 Å². The maximum atomic E-state index is 13.5. The number of hydrogen-bond acceptors (Lipinski definition) is 3. The van der Waals surface area contributed by atoms with Crippen LogP contribution in [-0.2, 0) is 9.53 Å². The van der Waals surface area contributed by atoms with E-state index in [1.165, 1.54) is 30.3 Å². The third-order valence-electron chi connectivity index (χ3n) is 6.50. The maximum Gasteiger partial charge on any atom is 0.257 e. The normalized spacial score (nSPS) is 25.1. The van der Waals surface area contributed by atoms with E-state index < -0.39 is 11.4 Å². The van der Waals surface area contributed by atoms with Crippen LogP contribution in [0.5, 0.6) is 0 Å². The number of carbonyl (C=O) groups is 2. The number of likely N-dealkylation sites (tertiary alicyclic amines) is 1. The number of fused-ring (bicyclic) bond motifs is 1. The van der Waals surface area contributed by atoms with E-state index in [1.807, 2.05) is 0 Å². The van der Waals surface area contributed by atoms with Crippen molar-refractivity contribution < 1.29 is 23.1 Å². The van der Waals surface area contributed by atoms with E-state index in [9.17, 15) is 18.4 Å². The number of amides is 2. The standard InChI is InChI=1S/C23H22F2N2O3/c24-17-6-4-15(5-7-17)19-8-9-20-27(19)22(29)23(30-20)10-12-26(13-11-23)21(28)16-2-1-3-18(25)14-16/h1-7,14,19-20H,8-13H2. The summed E-state index contributed by atoms with van der Waals surface area (Å²) >= 11 is 0. The lowest BCUT2D eigenvalue weighted by atomic mass is 9.89. The van der Waals surface area contributed by atoms with Crippen LogP contribution in [0.25, 0.3) is 0 Å². The van der Waals surface area contributed by atoms with Gasteiger partial charge in [0, 0.05) is 31.5 Å². The Kier molecular flexibility index (Phi) is 4.58. The number of carbonyl (C=O) groups excluding carboxylic acids is 2. The second kappa shape index (κ2) is 7.16. The summed E-state index contributed by atoms with van der Waals surface area (Å²) in [5.74, 6) is -1.03. The molecule has 2 atom stereocenters. The quantitative estimate of drug-likeness (QED) is 0.757. The van der Waals surface area contributed by atoms with Crippen molar-refractivity contribution in [3.05, 3.63) is 71.3 Å². The molecule has 1 spiro atoms. The van der Waals surface area contributed by atoms with Crippen LogP contribution in [0.4, 0.5) is 8.78 Å². The first-order valence-corrected chi connectivity index (χ1v) is 10.3. The Bertz CT molecular complexity index is 986. The lowest BCUT2D eigenvalue weighted by Gasteiger charge is -2.37. The molecular weight excluding hydrogens is 390 g/mol. The van der Waals surface area contributed by atoms with Crippen LogP contribution in [0.2, 0.25) is 0 Å². The lowest BCUT2D eigenvalue weighted by molar-refractivity contribution is -0.142. The van der Waals surface area contributed by atoms with Crippen LogP contribution < -0.4 is 0 Å². The van der Waals surface area contributed by atoms with Crippen LogP contribution in [0.1, 0.15) is 47.6 Å². The Morgan fingerprint density at radius 2 is 1.73 bits per heavy atom. The molecule has 7 heteroatoms. The molecule has 0 aliphatic carbocycles. The fourth-order valence-electron chi connectivity index (χ4n) is 4.93. The zero-order valence-electron chi connectivity index (χ0n) is 16.4. The SMILES string of the molecule is O=C(c1cccc(F)c1)N1CCC2(CC1)OC1CCC(c3ccc(F)cc3)N1C2=O. The highest BCUT2D eigenvalue weighted by molar-refractivity contribution is 5.95. The van der Waals surface area contributed by atoms with Gasteiger partial charge in [-0.05, 0) is 48.7 Å². The molecule has 0 aromatic heterocycles. The molecule has 2 aromatic carbocycles. The number of piperidine rings is 1. The van der Waals surface area contributed by atoms with E-state index in [4.69, 9.17) is 4.74 Å². The Hall–Kier alpha value is -2.80. The fraction of sp³-hybridized carbons (Fsp3) is 0.391. The predicted molar refractivity (Wildman–Crippen MR) is 104 cm³/mol. The molecule has 5 nitrogen and oxygen atoms in total. The summed E-state index contributed by atoms with van der Waals surface area (Å²) in [6, 6.07) is 11.8. The van der Waals surface area contributed by atoms with Crippen molar-refractivity contribution in [1.82, 2.24) is 9.80 Å². The van der Waals surface area contributed by atoms with Gasteiger partial charge in [-0.15, -0.1) is 0 Å². The zero-order chi connectivity index (χ0) is 20.9. The molecule has 3 fully saturated rings. The van der Waals surface area contributed by atoms with Gasteiger partial charge in [0.15, 0.2) is 5.60 Å². The first-order valence-electron chi connectivity index (χ1n) is 10.3. The second-order valence-corrected chi connectivity index (χ2v) is 8.23. The van der Waals surface area contributed by atoms with Gasteiger partial charge in [0.05, 0.1) is 6.04 Å². The largest absolute Gasteiger partial charge is 0.342 e. The van der Waals surface area contributed by atoms with Crippen molar-refractivity contribution in [1.29, 1.82) is 0 Å². The number of rotatable bonds is 2. The average Bonchev–Trinajstić information content (AvgIpc) is 3.27. The molecular formula is C23H22F2N2O3. The molecule has 156 valence electrons. The number of nitrogens with zero attached hydrogens (tertiary/aromatic N) is 2. The van der Waals surface area contributed by atoms with E-state index in [2.05, 4.69) is 0 Å². The van der Waals surface area contributed by atoms with Gasteiger partial charge >= 0.3 is 0 Å². The molecule has 0 radical (unpaired) electrons. The molecule has 3 aliphatic rings. The van der Waals surface area contributed by atoms with Crippen molar-refractivity contribution >= 4 is 11.8 Å². The monoisotopic (exact) mass is 412 g/mol. The average molecular weight is 412 g/mol. The highest BCUT2D eigenvalue weighted by atomic mass is 19.1. The Morgan fingerprint density at radius 3 is 2.43 bits per heavy atom. The molecule has 3 heterocycles. The molecule has 5 rings (SSSR count). The minimum absolute atomic E-state index is 0.0443. The zero-order valence-corrected chi connectivity index (χ0v) is 16.4. The van der Waals surface area contributed by atoms with Gasteiger partial charge in [0.2, 0.25) is 0 Å². The Labute approximate surface area is 173 Å². The highest BCUT2D eigenvalue weighted by Gasteiger charge is 2.58. The molecule has 3 saturated heterocycles. The van der Waals surface area contributed by atoms with Crippen molar-refractivity contribution in [2.45, 2.75) is 43.6 Å². The van der Waals surface area contributed by atoms with Gasteiger partial charge in [-0.3, -0.25) is 9.59 Å². The highest BCUT2D eigenvalue weighted by Crippen LogP contribution is 2.47. The fourth-order valence-corrected chi connectivity index (χ4v) is 4.93. The van der Waals surface area contributed by atoms with Crippen LogP contribution in [0.15, 0.2) is 48.5 Å². The van der Waals surface area contributed by atoms with E-state index in [1.54, 1.807) is 28.0 Å². The smallest absolute Gasteiger partial charge is 0.257 e. The molecule has 3 aliphatic heterocycles. The summed E-state index contributed by atoms with van der Waals surface area (Å²) in [7, 11) is 0. The first kappa shape index (κ1) is 19.2. The lowest BCUT2D eigenvalue weighted by Crippen LogP contribution is -2.51. The summed E-state index contributed by atoms with van der Waals surface area (Å²) in [6.07, 6.45) is 2.06. The first-order chi connectivity index (χ1) is 14.5. The minimum atomic E-state index is -0.915. The maximum absolute atomic E-state index is 13.5. The molecule has 2 unspecified atom stereocenters. The van der Waals surface area contributed by atoms with Crippen LogP contribution in [0, 0.1) is 11.6 Å². The minimum Gasteiger partial charge on any atom is -0.342 e. The summed E-state index contributed by atoms with van der Waals surface area (Å²) in [4.78, 5) is 29.5.